The van der Waals surface area contributed by atoms with Crippen LogP contribution in [0.2, 0.25) is 0 Å². The smallest absolute Gasteiger partial charge is 0.181 e. The molecule has 2 aromatic heterocycles. The molecular weight excluding hydrogens is 236 g/mol. The molecule has 0 amide bonds. The highest BCUT2D eigenvalue weighted by molar-refractivity contribution is 5.59. The Balaban J connectivity index is 2.09. The van der Waals surface area contributed by atoms with E-state index in [-0.39, 0.29) is 0 Å². The normalized spacial score (nSPS) is 10.6. The standard InChI is InChI=1S/C15H14N4/c1-2-19-15(13-10-6-7-11-16-13)17-14(18-19)12-8-4-3-5-9-12/h3-11H,2H2,1H3. The lowest BCUT2D eigenvalue weighted by molar-refractivity contribution is 0.666. The molecule has 0 saturated carbocycles. The minimum absolute atomic E-state index is 0.739. The van der Waals surface area contributed by atoms with Gasteiger partial charge in [0.2, 0.25) is 0 Å². The van der Waals surface area contributed by atoms with Crippen LogP contribution >= 0.6 is 0 Å². The highest BCUT2D eigenvalue weighted by atomic mass is 15.3. The Morgan fingerprint density at radius 2 is 1.79 bits per heavy atom. The summed E-state index contributed by atoms with van der Waals surface area (Å²) in [7, 11) is 0. The predicted molar refractivity (Wildman–Crippen MR) is 74.4 cm³/mol. The van der Waals surface area contributed by atoms with Gasteiger partial charge in [0, 0.05) is 18.3 Å². The van der Waals surface area contributed by atoms with Crippen molar-refractivity contribution in [1.82, 2.24) is 19.7 Å². The number of hydrogen-bond acceptors (Lipinski definition) is 3. The molecule has 0 unspecified atom stereocenters. The Hall–Kier alpha value is -2.49. The summed E-state index contributed by atoms with van der Waals surface area (Å²) < 4.78 is 1.88. The second kappa shape index (κ2) is 5.02. The van der Waals surface area contributed by atoms with Gasteiger partial charge in [-0.1, -0.05) is 36.4 Å². The van der Waals surface area contributed by atoms with E-state index in [0.29, 0.717) is 0 Å². The Kier molecular flexibility index (Phi) is 3.06. The third-order valence-electron chi connectivity index (χ3n) is 2.90. The van der Waals surface area contributed by atoms with Gasteiger partial charge in [0.25, 0.3) is 0 Å². The van der Waals surface area contributed by atoms with Gasteiger partial charge in [-0.2, -0.15) is 5.10 Å². The number of aryl methyl sites for hydroxylation is 1. The molecule has 0 radical (unpaired) electrons. The van der Waals surface area contributed by atoms with Crippen molar-refractivity contribution in [2.24, 2.45) is 0 Å². The van der Waals surface area contributed by atoms with Crippen molar-refractivity contribution in [2.75, 3.05) is 0 Å². The largest absolute Gasteiger partial charge is 0.253 e. The first kappa shape index (κ1) is 11.6. The van der Waals surface area contributed by atoms with Crippen LogP contribution in [-0.2, 0) is 6.54 Å². The van der Waals surface area contributed by atoms with Gasteiger partial charge in [-0.05, 0) is 19.1 Å². The zero-order chi connectivity index (χ0) is 13.1. The quantitative estimate of drug-likeness (QED) is 0.717. The summed E-state index contributed by atoms with van der Waals surface area (Å²) in [5, 5.41) is 4.54. The van der Waals surface area contributed by atoms with E-state index in [4.69, 9.17) is 0 Å². The number of rotatable bonds is 3. The van der Waals surface area contributed by atoms with Gasteiger partial charge in [0.1, 0.15) is 5.69 Å². The van der Waals surface area contributed by atoms with Crippen LogP contribution in [0.3, 0.4) is 0 Å². The van der Waals surface area contributed by atoms with E-state index >= 15 is 0 Å². The zero-order valence-corrected chi connectivity index (χ0v) is 10.7. The van der Waals surface area contributed by atoms with Gasteiger partial charge in [-0.3, -0.25) is 4.98 Å². The lowest BCUT2D eigenvalue weighted by Crippen LogP contribution is -2.00. The fraction of sp³-hybridized carbons (Fsp3) is 0.133. The van der Waals surface area contributed by atoms with E-state index in [9.17, 15) is 0 Å². The molecule has 0 atom stereocenters. The maximum absolute atomic E-state index is 4.61. The number of pyridine rings is 1. The SMILES string of the molecule is CCn1nc(-c2ccccc2)nc1-c1ccccn1. The van der Waals surface area contributed by atoms with Crippen LogP contribution < -0.4 is 0 Å². The van der Waals surface area contributed by atoms with Crippen LogP contribution in [-0.4, -0.2) is 19.7 Å². The number of nitrogens with zero attached hydrogens (tertiary/aromatic N) is 4. The van der Waals surface area contributed by atoms with E-state index in [1.54, 1.807) is 6.20 Å². The van der Waals surface area contributed by atoms with Crippen molar-refractivity contribution in [1.29, 1.82) is 0 Å². The lowest BCUT2D eigenvalue weighted by Gasteiger charge is -2.00. The van der Waals surface area contributed by atoms with Crippen molar-refractivity contribution in [3.05, 3.63) is 54.7 Å². The first-order valence-electron chi connectivity index (χ1n) is 6.30. The molecular formula is C15H14N4. The van der Waals surface area contributed by atoms with Crippen molar-refractivity contribution >= 4 is 0 Å². The van der Waals surface area contributed by atoms with Crippen LogP contribution in [0, 0.1) is 0 Å². The molecule has 4 heteroatoms. The van der Waals surface area contributed by atoms with Crippen LogP contribution in [0.5, 0.6) is 0 Å². The fourth-order valence-corrected chi connectivity index (χ4v) is 1.96. The Bertz CT molecular complexity index is 659. The summed E-state index contributed by atoms with van der Waals surface area (Å²) in [5.41, 5.74) is 1.87. The summed E-state index contributed by atoms with van der Waals surface area (Å²) in [6.45, 7) is 2.82. The molecule has 94 valence electrons. The summed E-state index contributed by atoms with van der Waals surface area (Å²) in [6.07, 6.45) is 1.77. The van der Waals surface area contributed by atoms with Gasteiger partial charge in [0.05, 0.1) is 0 Å². The first-order chi connectivity index (χ1) is 9.38. The molecule has 4 nitrogen and oxygen atoms in total. The van der Waals surface area contributed by atoms with Crippen LogP contribution in [0.1, 0.15) is 6.92 Å². The summed E-state index contributed by atoms with van der Waals surface area (Å²) in [6, 6.07) is 15.8. The highest BCUT2D eigenvalue weighted by Gasteiger charge is 2.12. The van der Waals surface area contributed by atoms with Crippen LogP contribution in [0.15, 0.2) is 54.7 Å². The molecule has 3 rings (SSSR count). The maximum atomic E-state index is 4.61. The summed E-state index contributed by atoms with van der Waals surface area (Å²) in [5.74, 6) is 1.55. The molecule has 0 spiro atoms. The van der Waals surface area contributed by atoms with Gasteiger partial charge < -0.3 is 0 Å². The molecule has 3 aromatic rings. The molecule has 0 aliphatic rings. The van der Waals surface area contributed by atoms with E-state index < -0.39 is 0 Å². The number of hydrogen-bond donors (Lipinski definition) is 0. The number of benzene rings is 1. The molecule has 2 heterocycles. The minimum Gasteiger partial charge on any atom is -0.253 e. The Morgan fingerprint density at radius 1 is 1.00 bits per heavy atom. The third-order valence-corrected chi connectivity index (χ3v) is 2.90. The second-order valence-corrected chi connectivity index (χ2v) is 4.16. The molecule has 19 heavy (non-hydrogen) atoms. The molecule has 0 bridgehead atoms. The molecule has 1 aromatic carbocycles. The molecule has 0 N–H and O–H groups in total. The molecule has 0 aliphatic carbocycles. The van der Waals surface area contributed by atoms with Gasteiger partial charge in [-0.25, -0.2) is 9.67 Å². The average Bonchev–Trinajstić information content (AvgIpc) is 2.93. The van der Waals surface area contributed by atoms with Gasteiger partial charge in [0.15, 0.2) is 11.6 Å². The van der Waals surface area contributed by atoms with E-state index in [0.717, 1.165) is 29.5 Å². The highest BCUT2D eigenvalue weighted by Crippen LogP contribution is 2.20. The van der Waals surface area contributed by atoms with Crippen LogP contribution in [0.25, 0.3) is 22.9 Å². The van der Waals surface area contributed by atoms with E-state index in [2.05, 4.69) is 22.0 Å². The Morgan fingerprint density at radius 3 is 2.47 bits per heavy atom. The minimum atomic E-state index is 0.739. The third kappa shape index (κ3) is 2.25. The predicted octanol–water partition coefficient (Wildman–Crippen LogP) is 3.03. The maximum Gasteiger partial charge on any atom is 0.181 e. The monoisotopic (exact) mass is 250 g/mol. The lowest BCUT2D eigenvalue weighted by atomic mass is 10.2. The van der Waals surface area contributed by atoms with Crippen molar-refractivity contribution in [2.45, 2.75) is 13.5 Å². The Labute approximate surface area is 111 Å². The van der Waals surface area contributed by atoms with Gasteiger partial charge >= 0.3 is 0 Å². The van der Waals surface area contributed by atoms with Crippen LogP contribution in [0.4, 0.5) is 0 Å². The number of aromatic nitrogens is 4. The van der Waals surface area contributed by atoms with Gasteiger partial charge in [-0.15, -0.1) is 0 Å². The second-order valence-electron chi connectivity index (χ2n) is 4.16. The van der Waals surface area contributed by atoms with Crippen molar-refractivity contribution in [3.63, 3.8) is 0 Å². The summed E-state index contributed by atoms with van der Waals surface area (Å²) >= 11 is 0. The van der Waals surface area contributed by atoms with E-state index in [1.807, 2.05) is 53.2 Å². The molecule has 0 aliphatic heterocycles. The topological polar surface area (TPSA) is 43.6 Å². The molecule has 0 fully saturated rings. The molecule has 0 saturated heterocycles. The fourth-order valence-electron chi connectivity index (χ4n) is 1.96. The average molecular weight is 250 g/mol. The first-order valence-corrected chi connectivity index (χ1v) is 6.30. The van der Waals surface area contributed by atoms with Crippen molar-refractivity contribution < 1.29 is 0 Å². The zero-order valence-electron chi connectivity index (χ0n) is 10.7. The van der Waals surface area contributed by atoms with E-state index in [1.165, 1.54) is 0 Å². The summed E-state index contributed by atoms with van der Waals surface area (Å²) in [4.78, 5) is 8.95. The van der Waals surface area contributed by atoms with Crippen molar-refractivity contribution in [3.8, 4) is 22.9 Å².